The van der Waals surface area contributed by atoms with E-state index in [0.29, 0.717) is 22.0 Å². The van der Waals surface area contributed by atoms with Crippen LogP contribution in [0.3, 0.4) is 0 Å². The number of alkyl halides is 3. The van der Waals surface area contributed by atoms with E-state index in [1.165, 1.54) is 18.2 Å². The van der Waals surface area contributed by atoms with E-state index in [-0.39, 0.29) is 5.69 Å². The summed E-state index contributed by atoms with van der Waals surface area (Å²) in [6.07, 6.45) is -4.38. The molecule has 116 valence electrons. The number of aromatic carboxylic acids is 1. The van der Waals surface area contributed by atoms with Crippen molar-refractivity contribution in [2.45, 2.75) is 6.18 Å². The van der Waals surface area contributed by atoms with Gasteiger partial charge in [-0.3, -0.25) is 0 Å². The second-order valence-corrected chi connectivity index (χ2v) is 4.95. The third-order valence-electron chi connectivity index (χ3n) is 3.47. The Kier molecular flexibility index (Phi) is 3.52. The standard InChI is InChI=1S/C17H10F3NO2/c18-17(19,20)11-6-4-10(5-7-11)12-2-1-3-14-13(12)8-9-15(21-14)16(22)23/h1-9H,(H,22,23). The first kappa shape index (κ1) is 15.0. The molecule has 0 radical (unpaired) electrons. The zero-order chi connectivity index (χ0) is 16.6. The molecule has 0 bridgehead atoms. The number of pyridine rings is 1. The fourth-order valence-corrected chi connectivity index (χ4v) is 2.36. The Morgan fingerprint density at radius 2 is 1.65 bits per heavy atom. The van der Waals surface area contributed by atoms with E-state index in [0.717, 1.165) is 12.1 Å². The van der Waals surface area contributed by atoms with Crippen molar-refractivity contribution in [2.24, 2.45) is 0 Å². The summed E-state index contributed by atoms with van der Waals surface area (Å²) in [7, 11) is 0. The minimum absolute atomic E-state index is 0.0814. The zero-order valence-electron chi connectivity index (χ0n) is 11.6. The van der Waals surface area contributed by atoms with Gasteiger partial charge in [0.25, 0.3) is 0 Å². The van der Waals surface area contributed by atoms with Crippen molar-refractivity contribution < 1.29 is 23.1 Å². The fourth-order valence-electron chi connectivity index (χ4n) is 2.36. The number of benzene rings is 2. The van der Waals surface area contributed by atoms with E-state index in [4.69, 9.17) is 5.11 Å². The monoisotopic (exact) mass is 317 g/mol. The van der Waals surface area contributed by atoms with Gasteiger partial charge < -0.3 is 5.11 Å². The van der Waals surface area contributed by atoms with Crippen LogP contribution in [0.5, 0.6) is 0 Å². The molecule has 0 fully saturated rings. The van der Waals surface area contributed by atoms with Crippen LogP contribution in [0.4, 0.5) is 13.2 Å². The Bertz CT molecular complexity index is 886. The third kappa shape index (κ3) is 2.88. The number of hydrogen-bond donors (Lipinski definition) is 1. The van der Waals surface area contributed by atoms with E-state index in [9.17, 15) is 18.0 Å². The van der Waals surface area contributed by atoms with Crippen molar-refractivity contribution in [3.63, 3.8) is 0 Å². The zero-order valence-corrected chi connectivity index (χ0v) is 11.6. The lowest BCUT2D eigenvalue weighted by Gasteiger charge is -2.10. The smallest absolute Gasteiger partial charge is 0.416 e. The van der Waals surface area contributed by atoms with Crippen LogP contribution in [0, 0.1) is 0 Å². The van der Waals surface area contributed by atoms with Gasteiger partial charge in [0.2, 0.25) is 0 Å². The molecule has 0 saturated heterocycles. The van der Waals surface area contributed by atoms with Gasteiger partial charge in [0.1, 0.15) is 5.69 Å². The van der Waals surface area contributed by atoms with Gasteiger partial charge in [0, 0.05) is 5.39 Å². The van der Waals surface area contributed by atoms with Gasteiger partial charge in [-0.15, -0.1) is 0 Å². The van der Waals surface area contributed by atoms with E-state index in [2.05, 4.69) is 4.98 Å². The SMILES string of the molecule is O=C(O)c1ccc2c(-c3ccc(C(F)(F)F)cc3)cccc2n1. The maximum Gasteiger partial charge on any atom is 0.416 e. The molecule has 1 aromatic heterocycles. The molecule has 0 atom stereocenters. The summed E-state index contributed by atoms with van der Waals surface area (Å²) in [6.45, 7) is 0. The first-order chi connectivity index (χ1) is 10.9. The second-order valence-electron chi connectivity index (χ2n) is 4.95. The molecule has 2 aromatic carbocycles. The summed E-state index contributed by atoms with van der Waals surface area (Å²) in [6, 6.07) is 12.9. The number of nitrogens with zero attached hydrogens (tertiary/aromatic N) is 1. The molecular weight excluding hydrogens is 307 g/mol. The Morgan fingerprint density at radius 1 is 0.957 bits per heavy atom. The van der Waals surface area contributed by atoms with Crippen LogP contribution >= 0.6 is 0 Å². The molecule has 3 rings (SSSR count). The lowest BCUT2D eigenvalue weighted by Crippen LogP contribution is -2.04. The highest BCUT2D eigenvalue weighted by Gasteiger charge is 2.30. The maximum absolute atomic E-state index is 12.6. The van der Waals surface area contributed by atoms with E-state index < -0.39 is 17.7 Å². The largest absolute Gasteiger partial charge is 0.477 e. The van der Waals surface area contributed by atoms with Crippen molar-refractivity contribution in [3.8, 4) is 11.1 Å². The van der Waals surface area contributed by atoms with Crippen molar-refractivity contribution >= 4 is 16.9 Å². The molecule has 1 N–H and O–H groups in total. The Balaban J connectivity index is 2.11. The molecule has 0 saturated carbocycles. The molecule has 0 amide bonds. The predicted molar refractivity (Wildman–Crippen MR) is 79.1 cm³/mol. The van der Waals surface area contributed by atoms with E-state index in [1.807, 2.05) is 0 Å². The normalized spacial score (nSPS) is 11.6. The number of fused-ring (bicyclic) bond motifs is 1. The molecule has 3 aromatic rings. The number of carboxylic acid groups (broad SMARTS) is 1. The van der Waals surface area contributed by atoms with Gasteiger partial charge >= 0.3 is 12.1 Å². The second kappa shape index (κ2) is 5.39. The van der Waals surface area contributed by atoms with Crippen LogP contribution < -0.4 is 0 Å². The Labute approximate surface area is 129 Å². The molecule has 0 aliphatic heterocycles. The summed E-state index contributed by atoms with van der Waals surface area (Å²) in [4.78, 5) is 15.0. The van der Waals surface area contributed by atoms with Crippen molar-refractivity contribution in [1.29, 1.82) is 0 Å². The van der Waals surface area contributed by atoms with Crippen molar-refractivity contribution in [3.05, 3.63) is 65.9 Å². The van der Waals surface area contributed by atoms with E-state index >= 15 is 0 Å². The van der Waals surface area contributed by atoms with Crippen LogP contribution in [-0.2, 0) is 6.18 Å². The molecule has 0 aliphatic rings. The maximum atomic E-state index is 12.6. The molecule has 1 heterocycles. The summed E-state index contributed by atoms with van der Waals surface area (Å²) in [5.74, 6) is -1.13. The third-order valence-corrected chi connectivity index (χ3v) is 3.47. The number of carbonyl (C=O) groups is 1. The average molecular weight is 317 g/mol. The van der Waals surface area contributed by atoms with Crippen molar-refractivity contribution in [1.82, 2.24) is 4.98 Å². The number of halogens is 3. The van der Waals surface area contributed by atoms with Crippen LogP contribution in [0.15, 0.2) is 54.6 Å². The summed E-state index contributed by atoms with van der Waals surface area (Å²) < 4.78 is 37.9. The molecular formula is C17H10F3NO2. The minimum atomic E-state index is -4.38. The number of rotatable bonds is 2. The fraction of sp³-hybridized carbons (Fsp3) is 0.0588. The molecule has 0 spiro atoms. The Morgan fingerprint density at radius 3 is 2.26 bits per heavy atom. The van der Waals surface area contributed by atoms with Gasteiger partial charge in [0.15, 0.2) is 0 Å². The Hall–Kier alpha value is -2.89. The van der Waals surface area contributed by atoms with Gasteiger partial charge in [-0.05, 0) is 41.5 Å². The molecule has 6 heteroatoms. The predicted octanol–water partition coefficient (Wildman–Crippen LogP) is 4.62. The van der Waals surface area contributed by atoms with E-state index in [1.54, 1.807) is 24.3 Å². The van der Waals surface area contributed by atoms with Crippen LogP contribution in [0.1, 0.15) is 16.1 Å². The summed E-state index contributed by atoms with van der Waals surface area (Å²) in [5.41, 5.74) is 0.978. The van der Waals surface area contributed by atoms with Gasteiger partial charge in [0.05, 0.1) is 11.1 Å². The summed E-state index contributed by atoms with van der Waals surface area (Å²) in [5, 5.41) is 9.65. The first-order valence-corrected chi connectivity index (χ1v) is 6.67. The molecule has 0 unspecified atom stereocenters. The highest BCUT2D eigenvalue weighted by Crippen LogP contribution is 2.33. The van der Waals surface area contributed by atoms with Crippen molar-refractivity contribution in [2.75, 3.05) is 0 Å². The average Bonchev–Trinajstić information content (AvgIpc) is 2.53. The lowest BCUT2D eigenvalue weighted by atomic mass is 9.99. The first-order valence-electron chi connectivity index (χ1n) is 6.67. The molecule has 3 nitrogen and oxygen atoms in total. The van der Waals surface area contributed by atoms with Gasteiger partial charge in [-0.1, -0.05) is 24.3 Å². The minimum Gasteiger partial charge on any atom is -0.477 e. The highest BCUT2D eigenvalue weighted by atomic mass is 19.4. The number of aromatic nitrogens is 1. The lowest BCUT2D eigenvalue weighted by molar-refractivity contribution is -0.137. The number of hydrogen-bond acceptors (Lipinski definition) is 2. The van der Waals surface area contributed by atoms with Crippen LogP contribution in [0.25, 0.3) is 22.0 Å². The highest BCUT2D eigenvalue weighted by molar-refractivity contribution is 5.97. The molecule has 23 heavy (non-hydrogen) atoms. The van der Waals surface area contributed by atoms with Crippen LogP contribution in [-0.4, -0.2) is 16.1 Å². The number of carboxylic acids is 1. The topological polar surface area (TPSA) is 50.2 Å². The quantitative estimate of drug-likeness (QED) is 0.750. The molecule has 0 aliphatic carbocycles. The van der Waals surface area contributed by atoms with Gasteiger partial charge in [-0.25, -0.2) is 9.78 Å². The van der Waals surface area contributed by atoms with Crippen LogP contribution in [0.2, 0.25) is 0 Å². The summed E-state index contributed by atoms with van der Waals surface area (Å²) >= 11 is 0. The van der Waals surface area contributed by atoms with Gasteiger partial charge in [-0.2, -0.15) is 13.2 Å².